The van der Waals surface area contributed by atoms with Crippen LogP contribution in [0.15, 0.2) is 0 Å². The zero-order valence-electron chi connectivity index (χ0n) is 14.8. The highest BCUT2D eigenvalue weighted by Gasteiger charge is 2.33. The van der Waals surface area contributed by atoms with Gasteiger partial charge in [0.05, 0.1) is 12.7 Å². The Labute approximate surface area is 144 Å². The number of morpholine rings is 1. The number of rotatable bonds is 3. The van der Waals surface area contributed by atoms with Gasteiger partial charge in [-0.3, -0.25) is 9.59 Å². The number of amides is 2. The summed E-state index contributed by atoms with van der Waals surface area (Å²) in [5.74, 6) is 0.985. The van der Waals surface area contributed by atoms with E-state index in [0.717, 1.165) is 26.1 Å². The lowest BCUT2D eigenvalue weighted by Crippen LogP contribution is -2.56. The average Bonchev–Trinajstić information content (AvgIpc) is 2.96. The van der Waals surface area contributed by atoms with Crippen LogP contribution in [0, 0.1) is 5.92 Å². The Kier molecular flexibility index (Phi) is 6.11. The van der Waals surface area contributed by atoms with E-state index in [-0.39, 0.29) is 24.0 Å². The van der Waals surface area contributed by atoms with Gasteiger partial charge in [-0.25, -0.2) is 0 Å². The van der Waals surface area contributed by atoms with E-state index < -0.39 is 0 Å². The molecule has 0 spiro atoms. The SMILES string of the molecule is C[C@H]1OCCN[C@@H]1C(=O)N1CCCN(C(=O)CC2CCCC2)CC1. The smallest absolute Gasteiger partial charge is 0.242 e. The number of ether oxygens (including phenoxy) is 1. The van der Waals surface area contributed by atoms with Gasteiger partial charge < -0.3 is 19.9 Å². The van der Waals surface area contributed by atoms with Gasteiger partial charge in [0.1, 0.15) is 6.04 Å². The highest BCUT2D eigenvalue weighted by atomic mass is 16.5. The fourth-order valence-corrected chi connectivity index (χ4v) is 4.18. The number of hydrogen-bond donors (Lipinski definition) is 1. The van der Waals surface area contributed by atoms with Crippen LogP contribution in [-0.2, 0) is 14.3 Å². The second kappa shape index (κ2) is 8.30. The first-order valence-electron chi connectivity index (χ1n) is 9.56. The van der Waals surface area contributed by atoms with Crippen molar-refractivity contribution in [2.24, 2.45) is 5.92 Å². The number of hydrogen-bond acceptors (Lipinski definition) is 4. The lowest BCUT2D eigenvalue weighted by Gasteiger charge is -2.33. The van der Waals surface area contributed by atoms with Crippen LogP contribution >= 0.6 is 0 Å². The van der Waals surface area contributed by atoms with E-state index >= 15 is 0 Å². The standard InChI is InChI=1S/C18H31N3O3/c1-14-17(19-7-12-24-14)18(23)21-9-4-8-20(10-11-21)16(22)13-15-5-2-3-6-15/h14-15,17,19H,2-13H2,1H3/t14-,17+/m1/s1. The molecular weight excluding hydrogens is 306 g/mol. The molecule has 3 rings (SSSR count). The molecule has 6 nitrogen and oxygen atoms in total. The summed E-state index contributed by atoms with van der Waals surface area (Å²) in [7, 11) is 0. The van der Waals surface area contributed by atoms with E-state index in [1.165, 1.54) is 25.7 Å². The molecule has 3 aliphatic rings. The average molecular weight is 337 g/mol. The van der Waals surface area contributed by atoms with Crippen molar-refractivity contribution in [3.63, 3.8) is 0 Å². The molecular formula is C18H31N3O3. The number of nitrogens with zero attached hydrogens (tertiary/aromatic N) is 2. The molecule has 2 aliphatic heterocycles. The van der Waals surface area contributed by atoms with Crippen molar-refractivity contribution in [2.45, 2.75) is 57.6 Å². The van der Waals surface area contributed by atoms with Gasteiger partial charge in [0.2, 0.25) is 11.8 Å². The van der Waals surface area contributed by atoms with Gasteiger partial charge in [-0.2, -0.15) is 0 Å². The highest BCUT2D eigenvalue weighted by molar-refractivity contribution is 5.83. The van der Waals surface area contributed by atoms with Gasteiger partial charge >= 0.3 is 0 Å². The molecule has 2 atom stereocenters. The quantitative estimate of drug-likeness (QED) is 0.835. The van der Waals surface area contributed by atoms with E-state index in [0.29, 0.717) is 32.0 Å². The first-order chi connectivity index (χ1) is 11.6. The fourth-order valence-electron chi connectivity index (χ4n) is 4.18. The molecule has 1 aliphatic carbocycles. The molecule has 2 heterocycles. The lowest BCUT2D eigenvalue weighted by atomic mass is 10.0. The van der Waals surface area contributed by atoms with Crippen molar-refractivity contribution in [2.75, 3.05) is 39.3 Å². The van der Waals surface area contributed by atoms with Crippen LogP contribution in [-0.4, -0.2) is 73.1 Å². The number of carbonyl (C=O) groups is 2. The highest BCUT2D eigenvalue weighted by Crippen LogP contribution is 2.28. The van der Waals surface area contributed by atoms with E-state index in [2.05, 4.69) is 5.32 Å². The molecule has 136 valence electrons. The van der Waals surface area contributed by atoms with Crippen LogP contribution in [0.5, 0.6) is 0 Å². The Bertz CT molecular complexity index is 451. The number of carbonyl (C=O) groups excluding carboxylic acids is 2. The molecule has 1 N–H and O–H groups in total. The van der Waals surface area contributed by atoms with Crippen molar-refractivity contribution in [3.8, 4) is 0 Å². The number of nitrogens with one attached hydrogen (secondary N) is 1. The largest absolute Gasteiger partial charge is 0.375 e. The van der Waals surface area contributed by atoms with Crippen molar-refractivity contribution in [1.82, 2.24) is 15.1 Å². The van der Waals surface area contributed by atoms with Crippen LogP contribution in [0.2, 0.25) is 0 Å². The van der Waals surface area contributed by atoms with Gasteiger partial charge in [-0.1, -0.05) is 12.8 Å². The van der Waals surface area contributed by atoms with Gasteiger partial charge in [0.15, 0.2) is 0 Å². The molecule has 1 saturated carbocycles. The molecule has 0 aromatic carbocycles. The second-order valence-electron chi connectivity index (χ2n) is 7.42. The molecule has 0 bridgehead atoms. The molecule has 24 heavy (non-hydrogen) atoms. The van der Waals surface area contributed by atoms with Crippen molar-refractivity contribution >= 4 is 11.8 Å². The lowest BCUT2D eigenvalue weighted by molar-refractivity contribution is -0.140. The molecule has 2 saturated heterocycles. The van der Waals surface area contributed by atoms with Crippen molar-refractivity contribution in [3.05, 3.63) is 0 Å². The molecule has 0 aromatic heterocycles. The third-order valence-electron chi connectivity index (χ3n) is 5.68. The Morgan fingerprint density at radius 1 is 1.04 bits per heavy atom. The Morgan fingerprint density at radius 2 is 1.75 bits per heavy atom. The summed E-state index contributed by atoms with van der Waals surface area (Å²) in [6.07, 6.45) is 6.43. The topological polar surface area (TPSA) is 61.9 Å². The van der Waals surface area contributed by atoms with E-state index in [1.807, 2.05) is 16.7 Å². The Hall–Kier alpha value is -1.14. The van der Waals surface area contributed by atoms with Gasteiger partial charge in [-0.15, -0.1) is 0 Å². The minimum Gasteiger partial charge on any atom is -0.375 e. The maximum atomic E-state index is 12.8. The van der Waals surface area contributed by atoms with E-state index in [9.17, 15) is 9.59 Å². The molecule has 0 aromatic rings. The van der Waals surface area contributed by atoms with Gasteiger partial charge in [-0.05, 0) is 32.1 Å². The summed E-state index contributed by atoms with van der Waals surface area (Å²) in [5.41, 5.74) is 0. The van der Waals surface area contributed by atoms with Crippen LogP contribution in [0.3, 0.4) is 0 Å². The van der Waals surface area contributed by atoms with Crippen LogP contribution in [0.25, 0.3) is 0 Å². The summed E-state index contributed by atoms with van der Waals surface area (Å²) >= 11 is 0. The minimum atomic E-state index is -0.250. The fraction of sp³-hybridized carbons (Fsp3) is 0.889. The predicted octanol–water partition coefficient (Wildman–Crippen LogP) is 1.00. The summed E-state index contributed by atoms with van der Waals surface area (Å²) in [4.78, 5) is 29.2. The predicted molar refractivity (Wildman–Crippen MR) is 91.6 cm³/mol. The van der Waals surface area contributed by atoms with E-state index in [4.69, 9.17) is 4.74 Å². The second-order valence-corrected chi connectivity index (χ2v) is 7.42. The zero-order chi connectivity index (χ0) is 16.9. The third-order valence-corrected chi connectivity index (χ3v) is 5.68. The Balaban J connectivity index is 1.50. The summed E-state index contributed by atoms with van der Waals surface area (Å²) in [5, 5.41) is 3.27. The maximum Gasteiger partial charge on any atom is 0.242 e. The summed E-state index contributed by atoms with van der Waals surface area (Å²) in [6, 6.07) is -0.250. The zero-order valence-corrected chi connectivity index (χ0v) is 14.8. The third kappa shape index (κ3) is 4.28. The Morgan fingerprint density at radius 3 is 2.50 bits per heavy atom. The summed E-state index contributed by atoms with van der Waals surface area (Å²) < 4.78 is 5.59. The van der Waals surface area contributed by atoms with Crippen molar-refractivity contribution in [1.29, 1.82) is 0 Å². The first-order valence-corrected chi connectivity index (χ1v) is 9.56. The molecule has 2 amide bonds. The minimum absolute atomic E-state index is 0.0883. The molecule has 3 fully saturated rings. The molecule has 0 radical (unpaired) electrons. The van der Waals surface area contributed by atoms with Crippen LogP contribution in [0.4, 0.5) is 0 Å². The molecule has 6 heteroatoms. The summed E-state index contributed by atoms with van der Waals surface area (Å²) in [6.45, 7) is 6.15. The monoisotopic (exact) mass is 337 g/mol. The molecule has 0 unspecified atom stereocenters. The van der Waals surface area contributed by atoms with Crippen LogP contribution < -0.4 is 5.32 Å². The first kappa shape index (κ1) is 17.7. The normalized spacial score (nSPS) is 29.5. The van der Waals surface area contributed by atoms with E-state index in [1.54, 1.807) is 0 Å². The van der Waals surface area contributed by atoms with Crippen molar-refractivity contribution < 1.29 is 14.3 Å². The van der Waals surface area contributed by atoms with Gasteiger partial charge in [0.25, 0.3) is 0 Å². The van der Waals surface area contributed by atoms with Gasteiger partial charge in [0, 0.05) is 39.1 Å². The van der Waals surface area contributed by atoms with Crippen LogP contribution in [0.1, 0.15) is 45.4 Å². The maximum absolute atomic E-state index is 12.8.